The Morgan fingerprint density at radius 1 is 1.40 bits per heavy atom. The topological polar surface area (TPSA) is 21.3 Å². The van der Waals surface area contributed by atoms with Crippen LogP contribution in [-0.4, -0.2) is 19.2 Å². The van der Waals surface area contributed by atoms with Gasteiger partial charge in [-0.05, 0) is 25.5 Å². The van der Waals surface area contributed by atoms with Gasteiger partial charge >= 0.3 is 0 Å². The number of nitrogens with one attached hydrogen (secondary N) is 1. The lowest BCUT2D eigenvalue weighted by Crippen LogP contribution is -2.29. The molecule has 0 spiro atoms. The molecular formula is C12H18FNO. The Bertz CT molecular complexity index is 291. The molecule has 0 amide bonds. The molecule has 0 fully saturated rings. The fraction of sp³-hybridized carbons (Fsp3) is 0.500. The maximum absolute atomic E-state index is 13.1. The molecule has 2 nitrogen and oxygen atoms in total. The molecule has 0 radical (unpaired) electrons. The standard InChI is InChI=1S/C12H18FNO/c1-3-10(2)14-8-9-15-12-7-5-4-6-11(12)13/h4-7,10,14H,3,8-9H2,1-2H3/t10-/m1/s1. The quantitative estimate of drug-likeness (QED) is 0.730. The van der Waals surface area contributed by atoms with Crippen molar-refractivity contribution in [3.8, 4) is 5.75 Å². The van der Waals surface area contributed by atoms with E-state index in [4.69, 9.17) is 4.74 Å². The Hall–Kier alpha value is -1.09. The summed E-state index contributed by atoms with van der Waals surface area (Å²) in [5.41, 5.74) is 0. The fourth-order valence-corrected chi connectivity index (χ4v) is 1.17. The van der Waals surface area contributed by atoms with Gasteiger partial charge in [0.2, 0.25) is 0 Å². The third-order valence-corrected chi connectivity index (χ3v) is 2.30. The van der Waals surface area contributed by atoms with Crippen LogP contribution in [0.15, 0.2) is 24.3 Å². The van der Waals surface area contributed by atoms with Gasteiger partial charge in [0.25, 0.3) is 0 Å². The molecule has 3 heteroatoms. The van der Waals surface area contributed by atoms with Crippen molar-refractivity contribution < 1.29 is 9.13 Å². The molecule has 0 saturated heterocycles. The van der Waals surface area contributed by atoms with Gasteiger partial charge < -0.3 is 10.1 Å². The van der Waals surface area contributed by atoms with Crippen LogP contribution in [0.4, 0.5) is 4.39 Å². The molecule has 0 heterocycles. The number of hydrogen-bond donors (Lipinski definition) is 1. The van der Waals surface area contributed by atoms with Gasteiger partial charge in [0.1, 0.15) is 6.61 Å². The average molecular weight is 211 g/mol. The molecule has 0 aliphatic heterocycles. The van der Waals surface area contributed by atoms with E-state index >= 15 is 0 Å². The lowest BCUT2D eigenvalue weighted by atomic mass is 10.3. The zero-order valence-corrected chi connectivity index (χ0v) is 9.29. The molecule has 0 saturated carbocycles. The van der Waals surface area contributed by atoms with Crippen molar-refractivity contribution in [3.63, 3.8) is 0 Å². The van der Waals surface area contributed by atoms with Gasteiger partial charge in [-0.1, -0.05) is 19.1 Å². The SMILES string of the molecule is CC[C@@H](C)NCCOc1ccccc1F. The molecule has 0 aliphatic rings. The second-order valence-electron chi connectivity index (χ2n) is 3.54. The van der Waals surface area contributed by atoms with Crippen molar-refractivity contribution in [2.75, 3.05) is 13.2 Å². The summed E-state index contributed by atoms with van der Waals surface area (Å²) in [6.45, 7) is 5.47. The fourth-order valence-electron chi connectivity index (χ4n) is 1.17. The van der Waals surface area contributed by atoms with Gasteiger partial charge in [-0.15, -0.1) is 0 Å². The Labute approximate surface area is 90.4 Å². The smallest absolute Gasteiger partial charge is 0.165 e. The molecule has 1 N–H and O–H groups in total. The van der Waals surface area contributed by atoms with E-state index in [9.17, 15) is 4.39 Å². The summed E-state index contributed by atoms with van der Waals surface area (Å²) >= 11 is 0. The van der Waals surface area contributed by atoms with Gasteiger partial charge in [-0.2, -0.15) is 0 Å². The van der Waals surface area contributed by atoms with Crippen molar-refractivity contribution in [2.45, 2.75) is 26.3 Å². The van der Waals surface area contributed by atoms with Gasteiger partial charge in [0.15, 0.2) is 11.6 Å². The Kier molecular flexibility index (Phi) is 5.12. The maximum atomic E-state index is 13.1. The van der Waals surface area contributed by atoms with Gasteiger partial charge in [0.05, 0.1) is 0 Å². The lowest BCUT2D eigenvalue weighted by Gasteiger charge is -2.12. The van der Waals surface area contributed by atoms with Crippen LogP contribution >= 0.6 is 0 Å². The molecule has 15 heavy (non-hydrogen) atoms. The van der Waals surface area contributed by atoms with Crippen molar-refractivity contribution in [1.29, 1.82) is 0 Å². The van der Waals surface area contributed by atoms with Crippen LogP contribution < -0.4 is 10.1 Å². The van der Waals surface area contributed by atoms with Gasteiger partial charge in [-0.25, -0.2) is 4.39 Å². The zero-order chi connectivity index (χ0) is 11.1. The van der Waals surface area contributed by atoms with E-state index < -0.39 is 0 Å². The van der Waals surface area contributed by atoms with E-state index in [2.05, 4.69) is 19.2 Å². The van der Waals surface area contributed by atoms with Crippen LogP contribution in [0, 0.1) is 5.82 Å². The predicted molar refractivity (Wildman–Crippen MR) is 59.7 cm³/mol. The summed E-state index contributed by atoms with van der Waals surface area (Å²) in [5, 5.41) is 3.27. The molecule has 1 aromatic rings. The minimum Gasteiger partial charge on any atom is -0.489 e. The summed E-state index contributed by atoms with van der Waals surface area (Å²) in [5.74, 6) is 0.0180. The molecule has 1 aromatic carbocycles. The summed E-state index contributed by atoms with van der Waals surface area (Å²) in [6.07, 6.45) is 1.08. The van der Waals surface area contributed by atoms with E-state index in [1.807, 2.05) is 0 Å². The second-order valence-corrected chi connectivity index (χ2v) is 3.54. The molecule has 0 aromatic heterocycles. The molecule has 1 rings (SSSR count). The predicted octanol–water partition coefficient (Wildman–Crippen LogP) is 2.59. The largest absolute Gasteiger partial charge is 0.489 e. The minimum absolute atomic E-state index is 0.305. The van der Waals surface area contributed by atoms with E-state index in [0.29, 0.717) is 18.4 Å². The molecule has 0 bridgehead atoms. The Morgan fingerprint density at radius 3 is 2.80 bits per heavy atom. The van der Waals surface area contributed by atoms with Gasteiger partial charge in [0, 0.05) is 12.6 Å². The van der Waals surface area contributed by atoms with Crippen LogP contribution in [0.3, 0.4) is 0 Å². The van der Waals surface area contributed by atoms with E-state index in [0.717, 1.165) is 13.0 Å². The van der Waals surface area contributed by atoms with Crippen LogP contribution in [0.1, 0.15) is 20.3 Å². The molecular weight excluding hydrogens is 193 g/mol. The Balaban J connectivity index is 2.23. The number of halogens is 1. The second kappa shape index (κ2) is 6.40. The number of ether oxygens (including phenoxy) is 1. The monoisotopic (exact) mass is 211 g/mol. The maximum Gasteiger partial charge on any atom is 0.165 e. The van der Waals surface area contributed by atoms with Crippen LogP contribution in [0.2, 0.25) is 0 Å². The van der Waals surface area contributed by atoms with Crippen LogP contribution in [-0.2, 0) is 0 Å². The summed E-state index contributed by atoms with van der Waals surface area (Å²) in [6, 6.07) is 6.94. The first kappa shape index (κ1) is 12.0. The summed E-state index contributed by atoms with van der Waals surface area (Å²) in [7, 11) is 0. The van der Waals surface area contributed by atoms with Crippen molar-refractivity contribution in [2.24, 2.45) is 0 Å². The summed E-state index contributed by atoms with van der Waals surface area (Å²) < 4.78 is 18.4. The van der Waals surface area contributed by atoms with Crippen LogP contribution in [0.25, 0.3) is 0 Å². The van der Waals surface area contributed by atoms with E-state index in [-0.39, 0.29) is 5.82 Å². The van der Waals surface area contributed by atoms with Crippen molar-refractivity contribution >= 4 is 0 Å². The average Bonchev–Trinajstić information content (AvgIpc) is 2.26. The van der Waals surface area contributed by atoms with Crippen molar-refractivity contribution in [1.82, 2.24) is 5.32 Å². The zero-order valence-electron chi connectivity index (χ0n) is 9.29. The molecule has 84 valence electrons. The lowest BCUT2D eigenvalue weighted by molar-refractivity contribution is 0.292. The first-order valence-electron chi connectivity index (χ1n) is 5.34. The van der Waals surface area contributed by atoms with Crippen molar-refractivity contribution in [3.05, 3.63) is 30.1 Å². The highest BCUT2D eigenvalue weighted by Gasteiger charge is 2.01. The number of para-hydroxylation sites is 1. The molecule has 1 atom stereocenters. The highest BCUT2D eigenvalue weighted by Crippen LogP contribution is 2.14. The number of hydrogen-bond acceptors (Lipinski definition) is 2. The minimum atomic E-state index is -0.305. The Morgan fingerprint density at radius 2 is 2.13 bits per heavy atom. The summed E-state index contributed by atoms with van der Waals surface area (Å²) in [4.78, 5) is 0. The van der Waals surface area contributed by atoms with Crippen LogP contribution in [0.5, 0.6) is 5.75 Å². The van der Waals surface area contributed by atoms with Gasteiger partial charge in [-0.3, -0.25) is 0 Å². The third-order valence-electron chi connectivity index (χ3n) is 2.30. The first-order valence-corrected chi connectivity index (χ1v) is 5.34. The number of rotatable bonds is 6. The van der Waals surface area contributed by atoms with E-state index in [1.54, 1.807) is 18.2 Å². The highest BCUT2D eigenvalue weighted by molar-refractivity contribution is 5.23. The number of benzene rings is 1. The molecule has 0 aliphatic carbocycles. The third kappa shape index (κ3) is 4.30. The molecule has 0 unspecified atom stereocenters. The highest BCUT2D eigenvalue weighted by atomic mass is 19.1. The normalized spacial score (nSPS) is 12.5. The van der Waals surface area contributed by atoms with E-state index in [1.165, 1.54) is 6.07 Å². The first-order chi connectivity index (χ1) is 7.24.